The fourth-order valence-corrected chi connectivity index (χ4v) is 2.62. The Bertz CT molecular complexity index is 247. The van der Waals surface area contributed by atoms with Crippen LogP contribution in [0.2, 0.25) is 0 Å². The van der Waals surface area contributed by atoms with E-state index in [1.165, 1.54) is 12.8 Å². The molecule has 1 atom stereocenters. The van der Waals surface area contributed by atoms with Crippen LogP contribution in [-0.2, 0) is 9.53 Å². The van der Waals surface area contributed by atoms with Gasteiger partial charge in [-0.3, -0.25) is 4.79 Å². The van der Waals surface area contributed by atoms with Crippen molar-refractivity contribution in [3.8, 4) is 0 Å². The number of rotatable bonds is 2. The van der Waals surface area contributed by atoms with Crippen molar-refractivity contribution in [1.29, 1.82) is 0 Å². The lowest BCUT2D eigenvalue weighted by Gasteiger charge is -2.34. The molecule has 0 aromatic rings. The number of nitrogens with one attached hydrogen (secondary N) is 1. The summed E-state index contributed by atoms with van der Waals surface area (Å²) in [7, 11) is 0. The topological polar surface area (TPSA) is 38.3 Å². The molecule has 1 heterocycles. The predicted octanol–water partition coefficient (Wildman–Crippen LogP) is 2.25. The van der Waals surface area contributed by atoms with Crippen LogP contribution in [0.15, 0.2) is 0 Å². The monoisotopic (exact) mass is 225 g/mol. The molecule has 1 saturated carbocycles. The minimum atomic E-state index is -0.0325. The number of ether oxygens (including phenoxy) is 1. The molecule has 0 unspecified atom stereocenters. The quantitative estimate of drug-likeness (QED) is 0.733. The summed E-state index contributed by atoms with van der Waals surface area (Å²) in [6, 6.07) is -0.0325. The first-order chi connectivity index (χ1) is 7.57. The molecular weight excluding hydrogens is 202 g/mol. The lowest BCUT2D eigenvalue weighted by molar-refractivity contribution is -0.153. The van der Waals surface area contributed by atoms with Crippen LogP contribution < -0.4 is 5.32 Å². The molecule has 92 valence electrons. The fraction of sp³-hybridized carbons (Fsp3) is 0.923. The van der Waals surface area contributed by atoms with Gasteiger partial charge in [0.2, 0.25) is 0 Å². The highest BCUT2D eigenvalue weighted by atomic mass is 16.5. The van der Waals surface area contributed by atoms with Gasteiger partial charge in [-0.15, -0.1) is 0 Å². The van der Waals surface area contributed by atoms with E-state index in [0.717, 1.165) is 32.2 Å². The smallest absolute Gasteiger partial charge is 0.323 e. The van der Waals surface area contributed by atoms with Crippen molar-refractivity contribution in [3.05, 3.63) is 0 Å². The molecule has 1 aliphatic carbocycles. The minimum Gasteiger partial charge on any atom is -0.461 e. The van der Waals surface area contributed by atoms with Crippen LogP contribution in [0.1, 0.15) is 52.4 Å². The second-order valence-electron chi connectivity index (χ2n) is 5.95. The molecule has 0 bridgehead atoms. The van der Waals surface area contributed by atoms with Crippen molar-refractivity contribution >= 4 is 5.97 Å². The normalized spacial score (nSPS) is 30.2. The molecule has 0 aromatic carbocycles. The van der Waals surface area contributed by atoms with Crippen LogP contribution in [0.25, 0.3) is 0 Å². The summed E-state index contributed by atoms with van der Waals surface area (Å²) in [5.74, 6) is -0.0257. The van der Waals surface area contributed by atoms with Gasteiger partial charge in [0.15, 0.2) is 0 Å². The molecule has 0 spiro atoms. The molecule has 1 aliphatic heterocycles. The number of carbonyl (C=O) groups excluding carboxylic acids is 1. The predicted molar refractivity (Wildman–Crippen MR) is 63.2 cm³/mol. The van der Waals surface area contributed by atoms with Gasteiger partial charge in [0.25, 0.3) is 0 Å². The first-order valence-electron chi connectivity index (χ1n) is 6.51. The first kappa shape index (κ1) is 11.9. The van der Waals surface area contributed by atoms with E-state index in [2.05, 4.69) is 19.2 Å². The zero-order chi connectivity index (χ0) is 11.6. The zero-order valence-electron chi connectivity index (χ0n) is 10.4. The van der Waals surface area contributed by atoms with Gasteiger partial charge in [-0.1, -0.05) is 13.8 Å². The number of hydrogen-bond donors (Lipinski definition) is 1. The molecule has 3 heteroatoms. The third-order valence-electron chi connectivity index (χ3n) is 3.91. The van der Waals surface area contributed by atoms with E-state index in [-0.39, 0.29) is 18.1 Å². The first-order valence-corrected chi connectivity index (χ1v) is 6.51. The second kappa shape index (κ2) is 4.74. The Hall–Kier alpha value is -0.570. The molecule has 16 heavy (non-hydrogen) atoms. The maximum atomic E-state index is 11.8. The molecule has 0 aromatic heterocycles. The molecule has 0 amide bonds. The van der Waals surface area contributed by atoms with E-state index >= 15 is 0 Å². The van der Waals surface area contributed by atoms with Gasteiger partial charge in [0.1, 0.15) is 12.1 Å². The largest absolute Gasteiger partial charge is 0.461 e. The lowest BCUT2D eigenvalue weighted by atomic mass is 9.76. The van der Waals surface area contributed by atoms with Gasteiger partial charge in [-0.2, -0.15) is 0 Å². The third kappa shape index (κ3) is 2.97. The Morgan fingerprint density at radius 2 is 1.94 bits per heavy atom. The Morgan fingerprint density at radius 1 is 1.25 bits per heavy atom. The Morgan fingerprint density at radius 3 is 2.50 bits per heavy atom. The third-order valence-corrected chi connectivity index (χ3v) is 3.91. The summed E-state index contributed by atoms with van der Waals surface area (Å²) in [5.41, 5.74) is 0.439. The molecular formula is C13H23NO2. The van der Waals surface area contributed by atoms with Crippen molar-refractivity contribution in [3.63, 3.8) is 0 Å². The molecule has 1 saturated heterocycles. The SMILES string of the molecule is CC1(C)CCC(OC(=O)[C@@H]2CCCN2)CC1. The highest BCUT2D eigenvalue weighted by Crippen LogP contribution is 2.36. The maximum absolute atomic E-state index is 11.8. The Kier molecular flexibility index (Phi) is 3.53. The van der Waals surface area contributed by atoms with Crippen LogP contribution >= 0.6 is 0 Å². The summed E-state index contributed by atoms with van der Waals surface area (Å²) < 4.78 is 5.57. The van der Waals surface area contributed by atoms with Gasteiger partial charge >= 0.3 is 5.97 Å². The van der Waals surface area contributed by atoms with E-state index in [9.17, 15) is 4.79 Å². The Balaban J connectivity index is 1.76. The highest BCUT2D eigenvalue weighted by molar-refractivity contribution is 5.76. The van der Waals surface area contributed by atoms with E-state index in [0.29, 0.717) is 5.41 Å². The molecule has 2 rings (SSSR count). The number of hydrogen-bond acceptors (Lipinski definition) is 3. The second-order valence-corrected chi connectivity index (χ2v) is 5.95. The van der Waals surface area contributed by atoms with Gasteiger partial charge in [-0.25, -0.2) is 0 Å². The summed E-state index contributed by atoms with van der Waals surface area (Å²) in [6.45, 7) is 5.55. The molecule has 3 nitrogen and oxygen atoms in total. The van der Waals surface area contributed by atoms with E-state index < -0.39 is 0 Å². The van der Waals surface area contributed by atoms with E-state index in [1.54, 1.807) is 0 Å². The van der Waals surface area contributed by atoms with Gasteiger partial charge in [-0.05, 0) is 50.5 Å². The molecule has 2 aliphatic rings. The fourth-order valence-electron chi connectivity index (χ4n) is 2.62. The zero-order valence-corrected chi connectivity index (χ0v) is 10.4. The van der Waals surface area contributed by atoms with Gasteiger partial charge in [0, 0.05) is 0 Å². The summed E-state index contributed by atoms with van der Waals surface area (Å²) >= 11 is 0. The molecule has 2 fully saturated rings. The van der Waals surface area contributed by atoms with Crippen LogP contribution in [0.5, 0.6) is 0 Å². The van der Waals surface area contributed by atoms with E-state index in [1.807, 2.05) is 0 Å². The van der Waals surface area contributed by atoms with Gasteiger partial charge < -0.3 is 10.1 Å². The number of carbonyl (C=O) groups is 1. The summed E-state index contributed by atoms with van der Waals surface area (Å²) in [6.07, 6.45) is 6.61. The van der Waals surface area contributed by atoms with E-state index in [4.69, 9.17) is 4.74 Å². The van der Waals surface area contributed by atoms with Crippen LogP contribution in [-0.4, -0.2) is 24.7 Å². The molecule has 0 radical (unpaired) electrons. The van der Waals surface area contributed by atoms with Crippen LogP contribution in [0, 0.1) is 5.41 Å². The average Bonchev–Trinajstić information content (AvgIpc) is 2.74. The minimum absolute atomic E-state index is 0.0257. The van der Waals surface area contributed by atoms with Crippen molar-refractivity contribution in [2.75, 3.05) is 6.54 Å². The number of esters is 1. The van der Waals surface area contributed by atoms with Crippen LogP contribution in [0.3, 0.4) is 0 Å². The summed E-state index contributed by atoms with van der Waals surface area (Å²) in [5, 5.41) is 3.19. The lowest BCUT2D eigenvalue weighted by Crippen LogP contribution is -2.36. The van der Waals surface area contributed by atoms with Crippen molar-refractivity contribution in [2.24, 2.45) is 5.41 Å². The van der Waals surface area contributed by atoms with Gasteiger partial charge in [0.05, 0.1) is 0 Å². The molecule has 1 N–H and O–H groups in total. The summed E-state index contributed by atoms with van der Waals surface area (Å²) in [4.78, 5) is 11.8. The van der Waals surface area contributed by atoms with Crippen molar-refractivity contribution in [2.45, 2.75) is 64.5 Å². The average molecular weight is 225 g/mol. The van der Waals surface area contributed by atoms with Crippen molar-refractivity contribution < 1.29 is 9.53 Å². The Labute approximate surface area is 97.9 Å². The van der Waals surface area contributed by atoms with Crippen molar-refractivity contribution in [1.82, 2.24) is 5.32 Å². The standard InChI is InChI=1S/C13H23NO2/c1-13(2)7-5-10(6-8-13)16-12(15)11-4-3-9-14-11/h10-11,14H,3-9H2,1-2H3/t11-/m0/s1. The maximum Gasteiger partial charge on any atom is 0.323 e. The van der Waals surface area contributed by atoms with Crippen LogP contribution in [0.4, 0.5) is 0 Å². The highest BCUT2D eigenvalue weighted by Gasteiger charge is 2.31.